The van der Waals surface area contributed by atoms with Crippen LogP contribution in [-0.2, 0) is 0 Å². The molecule has 2 aliphatic heterocycles. The van der Waals surface area contributed by atoms with Gasteiger partial charge in [0.25, 0.3) is 0 Å². The molecule has 4 rings (SSSR count). The Bertz CT molecular complexity index is 694. The fraction of sp³-hybridized carbons (Fsp3) is 0.500. The molecule has 5 heteroatoms. The van der Waals surface area contributed by atoms with E-state index in [4.69, 9.17) is 0 Å². The normalized spacial score (nSPS) is 26.1. The highest BCUT2D eigenvalue weighted by atomic mass is 16.4. The molecule has 0 amide bonds. The lowest BCUT2D eigenvalue weighted by Crippen LogP contribution is -2.37. The summed E-state index contributed by atoms with van der Waals surface area (Å²) < 4.78 is 2.21. The predicted molar refractivity (Wildman–Crippen MR) is 79.6 cm³/mol. The van der Waals surface area contributed by atoms with Crippen molar-refractivity contribution in [1.29, 1.82) is 0 Å². The first-order chi connectivity index (χ1) is 10.2. The summed E-state index contributed by atoms with van der Waals surface area (Å²) in [6.07, 6.45) is 6.86. The van der Waals surface area contributed by atoms with Gasteiger partial charge in [0.15, 0.2) is 0 Å². The van der Waals surface area contributed by atoms with E-state index in [-0.39, 0.29) is 0 Å². The van der Waals surface area contributed by atoms with Gasteiger partial charge in [-0.1, -0.05) is 6.42 Å². The predicted octanol–water partition coefficient (Wildman–Crippen LogP) is 2.53. The second-order valence-electron chi connectivity index (χ2n) is 6.12. The van der Waals surface area contributed by atoms with Crippen LogP contribution in [-0.4, -0.2) is 44.7 Å². The van der Waals surface area contributed by atoms with Gasteiger partial charge in [-0.3, -0.25) is 4.90 Å². The number of rotatable bonds is 2. The molecule has 0 radical (unpaired) electrons. The van der Waals surface area contributed by atoms with Crippen LogP contribution in [0.15, 0.2) is 24.5 Å². The molecule has 0 bridgehead atoms. The van der Waals surface area contributed by atoms with Crippen LogP contribution in [0.2, 0.25) is 0 Å². The zero-order valence-electron chi connectivity index (χ0n) is 11.9. The number of piperidine rings is 1. The third-order valence-electron chi connectivity index (χ3n) is 5.00. The Balaban J connectivity index is 1.76. The highest BCUT2D eigenvalue weighted by molar-refractivity contribution is 5.92. The lowest BCUT2D eigenvalue weighted by Gasteiger charge is -2.32. The molecule has 2 saturated heterocycles. The quantitative estimate of drug-likeness (QED) is 0.921. The van der Waals surface area contributed by atoms with Crippen molar-refractivity contribution in [2.45, 2.75) is 37.8 Å². The molecule has 1 aromatic carbocycles. The van der Waals surface area contributed by atoms with Crippen LogP contribution in [0.3, 0.4) is 0 Å². The molecule has 2 aromatic rings. The third-order valence-corrected chi connectivity index (χ3v) is 5.00. The molecule has 0 spiro atoms. The molecule has 2 unspecified atom stereocenters. The van der Waals surface area contributed by atoms with Gasteiger partial charge in [-0.25, -0.2) is 9.78 Å². The molecule has 1 aromatic heterocycles. The number of hydrogen-bond donors (Lipinski definition) is 1. The van der Waals surface area contributed by atoms with Crippen molar-refractivity contribution in [3.8, 4) is 0 Å². The fourth-order valence-corrected chi connectivity index (χ4v) is 3.97. The van der Waals surface area contributed by atoms with Crippen molar-refractivity contribution in [1.82, 2.24) is 14.5 Å². The molecule has 3 heterocycles. The van der Waals surface area contributed by atoms with Crippen molar-refractivity contribution in [3.63, 3.8) is 0 Å². The standard InChI is InChI=1S/C16H19N3O2/c20-16(21)11-4-5-12-15(9-11)19(10-17-12)14-6-8-18-7-2-1-3-13(14)18/h4-5,9-10,13-14H,1-3,6-8H2,(H,20,21). The van der Waals surface area contributed by atoms with Gasteiger partial charge >= 0.3 is 5.97 Å². The first-order valence-electron chi connectivity index (χ1n) is 7.68. The first kappa shape index (κ1) is 12.8. The molecule has 5 nitrogen and oxygen atoms in total. The lowest BCUT2D eigenvalue weighted by atomic mass is 9.99. The third kappa shape index (κ3) is 2.03. The Morgan fingerprint density at radius 2 is 2.10 bits per heavy atom. The maximum atomic E-state index is 11.2. The second-order valence-corrected chi connectivity index (χ2v) is 6.12. The van der Waals surface area contributed by atoms with E-state index in [1.807, 2.05) is 12.4 Å². The molecule has 0 aliphatic carbocycles. The van der Waals surface area contributed by atoms with Crippen LogP contribution in [0.5, 0.6) is 0 Å². The van der Waals surface area contributed by atoms with Gasteiger partial charge in [0.2, 0.25) is 0 Å². The molecular weight excluding hydrogens is 266 g/mol. The van der Waals surface area contributed by atoms with Crippen molar-refractivity contribution in [3.05, 3.63) is 30.1 Å². The average Bonchev–Trinajstić information content (AvgIpc) is 3.09. The number of benzene rings is 1. The molecule has 1 N–H and O–H groups in total. The number of carboxylic acids is 1. The number of aromatic carboxylic acids is 1. The molecule has 110 valence electrons. The average molecular weight is 285 g/mol. The van der Waals surface area contributed by atoms with Crippen LogP contribution >= 0.6 is 0 Å². The summed E-state index contributed by atoms with van der Waals surface area (Å²) in [5.41, 5.74) is 2.17. The minimum absolute atomic E-state index is 0.336. The zero-order chi connectivity index (χ0) is 14.4. The summed E-state index contributed by atoms with van der Waals surface area (Å²) in [5.74, 6) is -0.879. The van der Waals surface area contributed by atoms with Crippen molar-refractivity contribution < 1.29 is 9.90 Å². The summed E-state index contributed by atoms with van der Waals surface area (Å²) in [6.45, 7) is 2.35. The summed E-state index contributed by atoms with van der Waals surface area (Å²) in [6, 6.07) is 6.21. The molecule has 0 saturated carbocycles. The summed E-state index contributed by atoms with van der Waals surface area (Å²) in [4.78, 5) is 18.2. The summed E-state index contributed by atoms with van der Waals surface area (Å²) >= 11 is 0. The van der Waals surface area contributed by atoms with Gasteiger partial charge in [0, 0.05) is 12.6 Å². The van der Waals surface area contributed by atoms with E-state index >= 15 is 0 Å². The minimum atomic E-state index is -0.879. The number of fused-ring (bicyclic) bond motifs is 2. The van der Waals surface area contributed by atoms with Gasteiger partial charge in [-0.2, -0.15) is 0 Å². The number of nitrogens with zero attached hydrogens (tertiary/aromatic N) is 3. The Hall–Kier alpha value is -1.88. The van der Waals surface area contributed by atoms with Gasteiger partial charge in [-0.05, 0) is 44.0 Å². The minimum Gasteiger partial charge on any atom is -0.478 e. The van der Waals surface area contributed by atoms with E-state index in [1.54, 1.807) is 12.1 Å². The highest BCUT2D eigenvalue weighted by Crippen LogP contribution is 2.36. The molecular formula is C16H19N3O2. The fourth-order valence-electron chi connectivity index (χ4n) is 3.97. The number of aromatic nitrogens is 2. The first-order valence-corrected chi connectivity index (χ1v) is 7.68. The van der Waals surface area contributed by atoms with Crippen molar-refractivity contribution in [2.24, 2.45) is 0 Å². The van der Waals surface area contributed by atoms with E-state index in [0.29, 0.717) is 17.6 Å². The van der Waals surface area contributed by atoms with Gasteiger partial charge in [-0.15, -0.1) is 0 Å². The van der Waals surface area contributed by atoms with Crippen molar-refractivity contribution >= 4 is 17.0 Å². The second kappa shape index (κ2) is 4.84. The Labute approximate surface area is 123 Å². The number of imidazole rings is 1. The maximum absolute atomic E-state index is 11.2. The van der Waals surface area contributed by atoms with E-state index in [0.717, 1.165) is 24.0 Å². The van der Waals surface area contributed by atoms with Crippen molar-refractivity contribution in [2.75, 3.05) is 13.1 Å². The molecule has 2 fully saturated rings. The largest absolute Gasteiger partial charge is 0.478 e. The topological polar surface area (TPSA) is 58.4 Å². The van der Waals surface area contributed by atoms with Gasteiger partial charge < -0.3 is 9.67 Å². The van der Waals surface area contributed by atoms with E-state index in [1.165, 1.54) is 25.8 Å². The maximum Gasteiger partial charge on any atom is 0.335 e. The van der Waals surface area contributed by atoms with Crippen LogP contribution in [0.4, 0.5) is 0 Å². The lowest BCUT2D eigenvalue weighted by molar-refractivity contribution is 0.0697. The smallest absolute Gasteiger partial charge is 0.335 e. The van der Waals surface area contributed by atoms with Gasteiger partial charge in [0.05, 0.1) is 29.0 Å². The Kier molecular flexibility index (Phi) is 2.96. The van der Waals surface area contributed by atoms with E-state index in [9.17, 15) is 9.90 Å². The van der Waals surface area contributed by atoms with E-state index in [2.05, 4.69) is 14.5 Å². The SMILES string of the molecule is O=C(O)c1ccc2ncn(C3CCN4CCCCC34)c2c1. The summed E-state index contributed by atoms with van der Waals surface area (Å²) in [5, 5.41) is 9.19. The Morgan fingerprint density at radius 1 is 1.19 bits per heavy atom. The van der Waals surface area contributed by atoms with Crippen LogP contribution in [0.1, 0.15) is 42.1 Å². The molecule has 2 aliphatic rings. The van der Waals surface area contributed by atoms with Crippen LogP contribution in [0.25, 0.3) is 11.0 Å². The van der Waals surface area contributed by atoms with Gasteiger partial charge in [0.1, 0.15) is 0 Å². The monoisotopic (exact) mass is 285 g/mol. The number of hydrogen-bond acceptors (Lipinski definition) is 3. The zero-order valence-corrected chi connectivity index (χ0v) is 11.9. The number of carboxylic acid groups (broad SMARTS) is 1. The molecule has 21 heavy (non-hydrogen) atoms. The highest BCUT2D eigenvalue weighted by Gasteiger charge is 2.36. The van der Waals surface area contributed by atoms with E-state index < -0.39 is 5.97 Å². The molecule has 2 atom stereocenters. The summed E-state index contributed by atoms with van der Waals surface area (Å²) in [7, 11) is 0. The Morgan fingerprint density at radius 3 is 2.95 bits per heavy atom. The van der Waals surface area contributed by atoms with Crippen LogP contribution < -0.4 is 0 Å². The number of carbonyl (C=O) groups is 1. The van der Waals surface area contributed by atoms with Crippen LogP contribution in [0, 0.1) is 0 Å².